The number of benzene rings is 1. The summed E-state index contributed by atoms with van der Waals surface area (Å²) in [5.41, 5.74) is 3.42. The van der Waals surface area contributed by atoms with Crippen molar-refractivity contribution in [3.05, 3.63) is 47.2 Å². The smallest absolute Gasteiger partial charge is 0.243 e. The molecule has 1 aliphatic heterocycles. The molecule has 1 aromatic carbocycles. The van der Waals surface area contributed by atoms with Crippen LogP contribution in [0.4, 0.5) is 0 Å². The van der Waals surface area contributed by atoms with Gasteiger partial charge in [0, 0.05) is 19.2 Å². The maximum Gasteiger partial charge on any atom is 0.243 e. The number of fused-ring (bicyclic) bond motifs is 1. The monoisotopic (exact) mass is 401 g/mol. The van der Waals surface area contributed by atoms with Gasteiger partial charge in [-0.15, -0.1) is 5.10 Å². The number of rotatable bonds is 5. The van der Waals surface area contributed by atoms with Crippen molar-refractivity contribution in [2.24, 2.45) is 5.92 Å². The Labute approximate surface area is 167 Å². The highest BCUT2D eigenvalue weighted by Crippen LogP contribution is 2.26. The van der Waals surface area contributed by atoms with Crippen molar-refractivity contribution in [2.45, 2.75) is 50.3 Å². The second-order valence-electron chi connectivity index (χ2n) is 7.83. The summed E-state index contributed by atoms with van der Waals surface area (Å²) < 4.78 is 33.1. The summed E-state index contributed by atoms with van der Waals surface area (Å²) in [5, 5.41) is 8.50. The van der Waals surface area contributed by atoms with Gasteiger partial charge in [-0.05, 0) is 69.1 Å². The third-order valence-corrected chi connectivity index (χ3v) is 7.66. The van der Waals surface area contributed by atoms with E-state index in [-0.39, 0.29) is 0 Å². The van der Waals surface area contributed by atoms with E-state index in [9.17, 15) is 8.42 Å². The fourth-order valence-corrected chi connectivity index (χ4v) is 5.39. The van der Waals surface area contributed by atoms with Crippen molar-refractivity contribution in [2.75, 3.05) is 19.7 Å². The van der Waals surface area contributed by atoms with E-state index in [1.165, 1.54) is 18.4 Å². The Morgan fingerprint density at radius 1 is 1.07 bits per heavy atom. The molecule has 0 radical (unpaired) electrons. The molecule has 0 amide bonds. The predicted molar refractivity (Wildman–Crippen MR) is 107 cm³/mol. The highest BCUT2D eigenvalue weighted by atomic mass is 32.2. The van der Waals surface area contributed by atoms with Crippen LogP contribution >= 0.6 is 0 Å². The van der Waals surface area contributed by atoms with Gasteiger partial charge in [-0.1, -0.05) is 17.7 Å². The van der Waals surface area contributed by atoms with Crippen LogP contribution in [0.5, 0.6) is 5.88 Å². The Balaban J connectivity index is 1.31. The molecule has 0 spiro atoms. The lowest BCUT2D eigenvalue weighted by Crippen LogP contribution is -2.39. The Kier molecular flexibility index (Phi) is 5.64. The van der Waals surface area contributed by atoms with Crippen molar-refractivity contribution in [3.63, 3.8) is 0 Å². The fraction of sp³-hybridized carbons (Fsp3) is 0.524. The fourth-order valence-electron chi connectivity index (χ4n) is 3.92. The number of sulfonamides is 1. The Morgan fingerprint density at radius 3 is 2.54 bits per heavy atom. The number of ether oxygens (including phenoxy) is 1. The molecule has 0 bridgehead atoms. The van der Waals surface area contributed by atoms with Crippen LogP contribution < -0.4 is 4.74 Å². The Bertz CT molecular complexity index is 920. The SMILES string of the molecule is Cc1ccc(S(=O)(=O)N2CCC(COc3cc4c(nn3)CCCC4)CC2)cc1. The van der Waals surface area contributed by atoms with Crippen LogP contribution in [0.1, 0.15) is 42.5 Å². The molecule has 1 fully saturated rings. The van der Waals surface area contributed by atoms with Gasteiger partial charge in [0.2, 0.25) is 15.9 Å². The highest BCUT2D eigenvalue weighted by Gasteiger charge is 2.29. The van der Waals surface area contributed by atoms with Gasteiger partial charge in [0.25, 0.3) is 0 Å². The Morgan fingerprint density at radius 2 is 1.79 bits per heavy atom. The molecular weight excluding hydrogens is 374 g/mol. The van der Waals surface area contributed by atoms with Gasteiger partial charge in [0.15, 0.2) is 0 Å². The predicted octanol–water partition coefficient (Wildman–Crippen LogP) is 3.14. The van der Waals surface area contributed by atoms with E-state index in [0.717, 1.165) is 36.9 Å². The minimum absolute atomic E-state index is 0.335. The lowest BCUT2D eigenvalue weighted by Gasteiger charge is -2.31. The molecule has 2 heterocycles. The molecule has 0 atom stereocenters. The number of aryl methyl sites for hydroxylation is 3. The van der Waals surface area contributed by atoms with E-state index in [1.54, 1.807) is 16.4 Å². The average Bonchev–Trinajstić information content (AvgIpc) is 2.73. The molecule has 1 saturated heterocycles. The van der Waals surface area contributed by atoms with Gasteiger partial charge in [0.05, 0.1) is 17.2 Å². The van der Waals surface area contributed by atoms with Gasteiger partial charge < -0.3 is 4.74 Å². The average molecular weight is 402 g/mol. The van der Waals surface area contributed by atoms with Crippen LogP contribution in [-0.2, 0) is 22.9 Å². The van der Waals surface area contributed by atoms with Gasteiger partial charge in [0.1, 0.15) is 0 Å². The number of hydrogen-bond donors (Lipinski definition) is 0. The summed E-state index contributed by atoms with van der Waals surface area (Å²) in [6.07, 6.45) is 6.04. The van der Waals surface area contributed by atoms with E-state index in [1.807, 2.05) is 25.1 Å². The molecule has 0 saturated carbocycles. The molecule has 0 unspecified atom stereocenters. The van der Waals surface area contributed by atoms with Crippen molar-refractivity contribution >= 4 is 10.0 Å². The quantitative estimate of drug-likeness (QED) is 0.770. The third kappa shape index (κ3) is 4.20. The van der Waals surface area contributed by atoms with E-state index >= 15 is 0 Å². The standard InChI is InChI=1S/C21H27N3O3S/c1-16-6-8-19(9-7-16)28(25,26)24-12-10-17(11-13-24)15-27-21-14-18-4-2-3-5-20(18)22-23-21/h6-9,14,17H,2-5,10-13,15H2,1H3. The van der Waals surface area contributed by atoms with Crippen molar-refractivity contribution in [3.8, 4) is 5.88 Å². The van der Waals surface area contributed by atoms with Crippen LogP contribution in [0.15, 0.2) is 35.2 Å². The normalized spacial score (nSPS) is 18.6. The molecule has 6 nitrogen and oxygen atoms in total. The number of aromatic nitrogens is 2. The summed E-state index contributed by atoms with van der Waals surface area (Å²) in [6.45, 7) is 3.57. The topological polar surface area (TPSA) is 72.4 Å². The zero-order valence-electron chi connectivity index (χ0n) is 16.3. The van der Waals surface area contributed by atoms with Gasteiger partial charge in [-0.25, -0.2) is 8.42 Å². The van der Waals surface area contributed by atoms with Crippen molar-refractivity contribution < 1.29 is 13.2 Å². The first-order chi connectivity index (χ1) is 13.5. The molecule has 150 valence electrons. The van der Waals surface area contributed by atoms with Crippen LogP contribution in [0.25, 0.3) is 0 Å². The summed E-state index contributed by atoms with van der Waals surface area (Å²) >= 11 is 0. The van der Waals surface area contributed by atoms with Crippen molar-refractivity contribution in [1.29, 1.82) is 0 Å². The number of hydrogen-bond acceptors (Lipinski definition) is 5. The van der Waals surface area contributed by atoms with E-state index in [0.29, 0.717) is 36.4 Å². The summed E-state index contributed by atoms with van der Waals surface area (Å²) in [4.78, 5) is 0.372. The zero-order chi connectivity index (χ0) is 19.6. The van der Waals surface area contributed by atoms with Gasteiger partial charge >= 0.3 is 0 Å². The van der Waals surface area contributed by atoms with Crippen LogP contribution in [0.3, 0.4) is 0 Å². The van der Waals surface area contributed by atoms with E-state index < -0.39 is 10.0 Å². The minimum Gasteiger partial charge on any atom is -0.476 e. The maximum atomic E-state index is 12.8. The first-order valence-electron chi connectivity index (χ1n) is 10.1. The molecule has 28 heavy (non-hydrogen) atoms. The first-order valence-corrected chi connectivity index (χ1v) is 11.5. The number of piperidine rings is 1. The summed E-state index contributed by atoms with van der Waals surface area (Å²) in [7, 11) is -3.41. The molecule has 2 aromatic rings. The third-order valence-electron chi connectivity index (χ3n) is 5.75. The Hall–Kier alpha value is -1.99. The number of nitrogens with zero attached hydrogens (tertiary/aromatic N) is 3. The zero-order valence-corrected chi connectivity index (χ0v) is 17.1. The van der Waals surface area contributed by atoms with E-state index in [4.69, 9.17) is 4.74 Å². The molecule has 1 aromatic heterocycles. The van der Waals surface area contributed by atoms with Gasteiger partial charge in [-0.2, -0.15) is 9.40 Å². The first kappa shape index (κ1) is 19.3. The summed E-state index contributed by atoms with van der Waals surface area (Å²) in [5.74, 6) is 0.928. The highest BCUT2D eigenvalue weighted by molar-refractivity contribution is 7.89. The second kappa shape index (κ2) is 8.17. The van der Waals surface area contributed by atoms with Crippen molar-refractivity contribution in [1.82, 2.24) is 14.5 Å². The maximum absolute atomic E-state index is 12.8. The molecule has 2 aliphatic rings. The van der Waals surface area contributed by atoms with Crippen LogP contribution in [-0.4, -0.2) is 42.6 Å². The molecular formula is C21H27N3O3S. The summed E-state index contributed by atoms with van der Waals surface area (Å²) in [6, 6.07) is 9.09. The minimum atomic E-state index is -3.41. The molecule has 4 rings (SSSR count). The molecule has 7 heteroatoms. The van der Waals surface area contributed by atoms with Crippen LogP contribution in [0.2, 0.25) is 0 Å². The lowest BCUT2D eigenvalue weighted by atomic mass is 9.97. The second-order valence-corrected chi connectivity index (χ2v) is 9.77. The molecule has 0 N–H and O–H groups in total. The lowest BCUT2D eigenvalue weighted by molar-refractivity contribution is 0.179. The largest absolute Gasteiger partial charge is 0.476 e. The van der Waals surface area contributed by atoms with Gasteiger partial charge in [-0.3, -0.25) is 0 Å². The molecule has 1 aliphatic carbocycles. The van der Waals surface area contributed by atoms with Crippen LogP contribution in [0, 0.1) is 12.8 Å². The van der Waals surface area contributed by atoms with E-state index in [2.05, 4.69) is 10.2 Å².